The maximum atomic E-state index is 14.0. The Balaban J connectivity index is 2.52. The maximum absolute atomic E-state index is 14.0. The minimum Gasteiger partial charge on any atom is -0.378 e. The molecule has 0 aliphatic carbocycles. The van der Waals surface area contributed by atoms with Crippen LogP contribution in [0.4, 0.5) is 14.5 Å². The molecule has 104 valence electrons. The van der Waals surface area contributed by atoms with E-state index in [1.807, 2.05) is 25.1 Å². The van der Waals surface area contributed by atoms with Gasteiger partial charge in [0.1, 0.15) is 11.6 Å². The molecule has 20 heavy (non-hydrogen) atoms. The van der Waals surface area contributed by atoms with Crippen LogP contribution in [0.5, 0.6) is 0 Å². The molecule has 2 aromatic carbocycles. The number of aryl methyl sites for hydroxylation is 1. The fourth-order valence-corrected chi connectivity index (χ4v) is 1.93. The quantitative estimate of drug-likeness (QED) is 0.798. The second-order valence-electron chi connectivity index (χ2n) is 4.83. The lowest BCUT2D eigenvalue weighted by atomic mass is 9.99. The van der Waals surface area contributed by atoms with Crippen molar-refractivity contribution in [2.75, 3.05) is 19.0 Å². The molecule has 0 heterocycles. The Kier molecular flexibility index (Phi) is 3.84. The molecule has 0 aliphatic rings. The van der Waals surface area contributed by atoms with E-state index in [9.17, 15) is 13.6 Å². The standard InChI is InChI=1S/C16H15F2NO/c1-10-7-8-13(17)14(15(10)18)16(20)11-5-4-6-12(9-11)19(2)3/h4-9H,1-3H3. The summed E-state index contributed by atoms with van der Waals surface area (Å²) in [7, 11) is 3.66. The Labute approximate surface area is 116 Å². The molecule has 2 nitrogen and oxygen atoms in total. The molecule has 2 aromatic rings. The highest BCUT2D eigenvalue weighted by Crippen LogP contribution is 2.22. The molecule has 0 unspecified atom stereocenters. The van der Waals surface area contributed by atoms with Crippen LogP contribution >= 0.6 is 0 Å². The molecule has 0 fully saturated rings. The molecular formula is C16H15F2NO. The van der Waals surface area contributed by atoms with Gasteiger partial charge in [-0.05, 0) is 30.7 Å². The van der Waals surface area contributed by atoms with Crippen LogP contribution in [0.1, 0.15) is 21.5 Å². The molecule has 2 rings (SSSR count). The molecule has 0 radical (unpaired) electrons. The average molecular weight is 275 g/mol. The fourth-order valence-electron chi connectivity index (χ4n) is 1.93. The van der Waals surface area contributed by atoms with Gasteiger partial charge in [-0.3, -0.25) is 4.79 Å². The third-order valence-electron chi connectivity index (χ3n) is 3.14. The number of ketones is 1. The van der Waals surface area contributed by atoms with E-state index in [1.165, 1.54) is 13.0 Å². The van der Waals surface area contributed by atoms with Gasteiger partial charge in [-0.15, -0.1) is 0 Å². The van der Waals surface area contributed by atoms with E-state index in [0.29, 0.717) is 0 Å². The first kappa shape index (κ1) is 14.2. The van der Waals surface area contributed by atoms with Crippen LogP contribution in [0.25, 0.3) is 0 Å². The number of carbonyl (C=O) groups excluding carboxylic acids is 1. The Bertz CT molecular complexity index is 666. The molecule has 0 bridgehead atoms. The van der Waals surface area contributed by atoms with Crippen LogP contribution in [0.2, 0.25) is 0 Å². The van der Waals surface area contributed by atoms with Crippen molar-refractivity contribution in [2.45, 2.75) is 6.92 Å². The van der Waals surface area contributed by atoms with Gasteiger partial charge in [-0.1, -0.05) is 18.2 Å². The summed E-state index contributed by atoms with van der Waals surface area (Å²) in [6.07, 6.45) is 0. The van der Waals surface area contributed by atoms with Crippen LogP contribution in [-0.4, -0.2) is 19.9 Å². The van der Waals surface area contributed by atoms with Gasteiger partial charge in [0.2, 0.25) is 0 Å². The van der Waals surface area contributed by atoms with Gasteiger partial charge < -0.3 is 4.90 Å². The number of halogens is 2. The van der Waals surface area contributed by atoms with Crippen LogP contribution in [0, 0.1) is 18.6 Å². The molecule has 0 N–H and O–H groups in total. The Morgan fingerprint density at radius 3 is 2.45 bits per heavy atom. The summed E-state index contributed by atoms with van der Waals surface area (Å²) in [6.45, 7) is 1.50. The molecular weight excluding hydrogens is 260 g/mol. The number of benzene rings is 2. The lowest BCUT2D eigenvalue weighted by Gasteiger charge is -2.13. The summed E-state index contributed by atoms with van der Waals surface area (Å²) < 4.78 is 27.7. The minimum atomic E-state index is -0.839. The molecule has 0 aliphatic heterocycles. The fraction of sp³-hybridized carbons (Fsp3) is 0.188. The maximum Gasteiger partial charge on any atom is 0.199 e. The van der Waals surface area contributed by atoms with E-state index in [4.69, 9.17) is 0 Å². The molecule has 0 amide bonds. The van der Waals surface area contributed by atoms with Crippen molar-refractivity contribution < 1.29 is 13.6 Å². The Hall–Kier alpha value is -2.23. The first-order valence-corrected chi connectivity index (χ1v) is 6.18. The molecule has 0 aromatic heterocycles. The predicted molar refractivity (Wildman–Crippen MR) is 75.3 cm³/mol. The van der Waals surface area contributed by atoms with Crippen LogP contribution in [0.15, 0.2) is 36.4 Å². The van der Waals surface area contributed by atoms with E-state index < -0.39 is 23.0 Å². The number of nitrogens with zero attached hydrogens (tertiary/aromatic N) is 1. The lowest BCUT2D eigenvalue weighted by Crippen LogP contribution is -2.12. The van der Waals surface area contributed by atoms with Gasteiger partial charge in [-0.2, -0.15) is 0 Å². The van der Waals surface area contributed by atoms with Gasteiger partial charge in [0, 0.05) is 25.3 Å². The van der Waals surface area contributed by atoms with Crippen molar-refractivity contribution in [1.29, 1.82) is 0 Å². The third kappa shape index (κ3) is 2.54. The number of anilines is 1. The number of rotatable bonds is 3. The van der Waals surface area contributed by atoms with Crippen molar-refractivity contribution in [1.82, 2.24) is 0 Å². The zero-order valence-corrected chi connectivity index (χ0v) is 11.6. The second kappa shape index (κ2) is 5.41. The Morgan fingerprint density at radius 1 is 1.10 bits per heavy atom. The second-order valence-corrected chi connectivity index (χ2v) is 4.83. The van der Waals surface area contributed by atoms with Gasteiger partial charge >= 0.3 is 0 Å². The zero-order valence-electron chi connectivity index (χ0n) is 11.6. The number of hydrogen-bond donors (Lipinski definition) is 0. The van der Waals surface area contributed by atoms with Crippen molar-refractivity contribution >= 4 is 11.5 Å². The highest BCUT2D eigenvalue weighted by atomic mass is 19.1. The van der Waals surface area contributed by atoms with Gasteiger partial charge in [0.05, 0.1) is 5.56 Å². The minimum absolute atomic E-state index is 0.249. The summed E-state index contributed by atoms with van der Waals surface area (Å²) in [5.41, 5.74) is 0.809. The molecule has 0 saturated carbocycles. The van der Waals surface area contributed by atoms with Crippen LogP contribution in [-0.2, 0) is 0 Å². The molecule has 0 spiro atoms. The largest absolute Gasteiger partial charge is 0.378 e. The van der Waals surface area contributed by atoms with E-state index >= 15 is 0 Å². The first-order chi connectivity index (χ1) is 9.41. The zero-order chi connectivity index (χ0) is 14.9. The van der Waals surface area contributed by atoms with E-state index in [0.717, 1.165) is 11.8 Å². The van der Waals surface area contributed by atoms with Crippen molar-refractivity contribution in [3.8, 4) is 0 Å². The predicted octanol–water partition coefficient (Wildman–Crippen LogP) is 3.57. The topological polar surface area (TPSA) is 20.3 Å². The van der Waals surface area contributed by atoms with E-state index in [1.54, 1.807) is 18.2 Å². The third-order valence-corrected chi connectivity index (χ3v) is 3.14. The van der Waals surface area contributed by atoms with Crippen LogP contribution < -0.4 is 4.90 Å². The van der Waals surface area contributed by atoms with Gasteiger partial charge in [-0.25, -0.2) is 8.78 Å². The monoisotopic (exact) mass is 275 g/mol. The van der Waals surface area contributed by atoms with Crippen LogP contribution in [0.3, 0.4) is 0 Å². The lowest BCUT2D eigenvalue weighted by molar-refractivity contribution is 0.103. The normalized spacial score (nSPS) is 10.4. The smallest absolute Gasteiger partial charge is 0.199 e. The Morgan fingerprint density at radius 2 is 1.80 bits per heavy atom. The summed E-state index contributed by atoms with van der Waals surface area (Å²) in [6, 6.07) is 9.10. The number of hydrogen-bond acceptors (Lipinski definition) is 2. The summed E-state index contributed by atoms with van der Waals surface area (Å²) in [5, 5.41) is 0. The first-order valence-electron chi connectivity index (χ1n) is 6.18. The molecule has 0 saturated heterocycles. The SMILES string of the molecule is Cc1ccc(F)c(C(=O)c2cccc(N(C)C)c2)c1F. The number of carbonyl (C=O) groups is 1. The van der Waals surface area contributed by atoms with E-state index in [2.05, 4.69) is 0 Å². The molecule has 4 heteroatoms. The van der Waals surface area contributed by atoms with Crippen molar-refractivity contribution in [3.63, 3.8) is 0 Å². The van der Waals surface area contributed by atoms with Gasteiger partial charge in [0.15, 0.2) is 5.78 Å². The molecule has 0 atom stereocenters. The highest BCUT2D eigenvalue weighted by molar-refractivity contribution is 6.09. The summed E-state index contributed by atoms with van der Waals surface area (Å²) in [4.78, 5) is 14.1. The summed E-state index contributed by atoms with van der Waals surface area (Å²) >= 11 is 0. The highest BCUT2D eigenvalue weighted by Gasteiger charge is 2.20. The average Bonchev–Trinajstić information content (AvgIpc) is 2.43. The summed E-state index contributed by atoms with van der Waals surface area (Å²) in [5.74, 6) is -2.29. The van der Waals surface area contributed by atoms with E-state index in [-0.39, 0.29) is 11.1 Å². The van der Waals surface area contributed by atoms with Crippen molar-refractivity contribution in [2.24, 2.45) is 0 Å². The van der Waals surface area contributed by atoms with Gasteiger partial charge in [0.25, 0.3) is 0 Å². The van der Waals surface area contributed by atoms with Crippen molar-refractivity contribution in [3.05, 3.63) is 64.7 Å².